The molecule has 1 saturated heterocycles. The minimum atomic E-state index is 0.117. The quantitative estimate of drug-likeness (QED) is 0.709. The Labute approximate surface area is 176 Å². The lowest BCUT2D eigenvalue weighted by atomic mass is 9.76. The maximum absolute atomic E-state index is 12.9. The van der Waals surface area contributed by atoms with Gasteiger partial charge >= 0.3 is 0 Å². The third kappa shape index (κ3) is 3.45. The zero-order valence-electron chi connectivity index (χ0n) is 17.5. The van der Waals surface area contributed by atoms with Crippen molar-refractivity contribution in [2.24, 2.45) is 5.92 Å². The Hall–Kier alpha value is -2.86. The number of hydrogen-bond acceptors (Lipinski definition) is 4. The van der Waals surface area contributed by atoms with Crippen LogP contribution in [0.25, 0.3) is 0 Å². The molecular weight excluding hydrogens is 376 g/mol. The van der Waals surface area contributed by atoms with Gasteiger partial charge in [-0.2, -0.15) is 0 Å². The summed E-state index contributed by atoms with van der Waals surface area (Å²) in [6.07, 6.45) is 3.74. The number of pyridine rings is 1. The summed E-state index contributed by atoms with van der Waals surface area (Å²) in [6, 6.07) is 14.1. The number of aromatic amines is 1. The monoisotopic (exact) mass is 404 g/mol. The Balaban J connectivity index is 1.49. The summed E-state index contributed by atoms with van der Waals surface area (Å²) < 4.78 is 7.50. The van der Waals surface area contributed by atoms with Gasteiger partial charge in [-0.05, 0) is 49.4 Å². The Morgan fingerprint density at radius 2 is 2.07 bits per heavy atom. The molecule has 1 fully saturated rings. The lowest BCUT2D eigenvalue weighted by molar-refractivity contribution is 0.0844. The van der Waals surface area contributed by atoms with Gasteiger partial charge in [-0.25, -0.2) is 4.98 Å². The summed E-state index contributed by atoms with van der Waals surface area (Å²) >= 11 is 0. The number of aryl methyl sites for hydroxylation is 1. The van der Waals surface area contributed by atoms with Crippen LogP contribution in [-0.2, 0) is 13.0 Å². The average molecular weight is 405 g/mol. The minimum absolute atomic E-state index is 0.117. The zero-order chi connectivity index (χ0) is 20.7. The molecular formula is C24H28N4O2. The van der Waals surface area contributed by atoms with Crippen LogP contribution in [0.15, 0.2) is 53.6 Å². The zero-order valence-corrected chi connectivity index (χ0v) is 17.5. The molecule has 4 heterocycles. The Morgan fingerprint density at radius 3 is 2.87 bits per heavy atom. The maximum atomic E-state index is 12.9. The molecule has 0 spiro atoms. The fourth-order valence-electron chi connectivity index (χ4n) is 5.33. The van der Waals surface area contributed by atoms with E-state index in [4.69, 9.17) is 4.74 Å². The predicted octanol–water partition coefficient (Wildman–Crippen LogP) is 3.29. The van der Waals surface area contributed by atoms with E-state index in [1.165, 1.54) is 11.3 Å². The van der Waals surface area contributed by atoms with Crippen LogP contribution >= 0.6 is 0 Å². The molecule has 3 aromatic rings. The van der Waals surface area contributed by atoms with Crippen molar-refractivity contribution < 1.29 is 4.74 Å². The molecule has 6 heteroatoms. The molecule has 1 N–H and O–H groups in total. The standard InChI is InChI=1S/C24H28N4O2/c1-16-21(26-15-25-16)14-27-12-18-11-19(13-27)23(28-22(18)7-4-8-24(28)29)10-17-5-3-6-20(9-17)30-2/h3-9,15,18-19,23H,10-14H2,1-2H3,(H,25,26)/t18-,19+,23+/m1/s1. The van der Waals surface area contributed by atoms with E-state index in [1.807, 2.05) is 18.2 Å². The number of nitrogens with zero attached hydrogens (tertiary/aromatic N) is 3. The SMILES string of the molecule is COc1cccc(C[C@H]2[C@H]3C[C@H](CN(Cc4nc[nH]c4C)C3)c3cccc(=O)n32)c1. The highest BCUT2D eigenvalue weighted by molar-refractivity contribution is 5.30. The van der Waals surface area contributed by atoms with E-state index >= 15 is 0 Å². The van der Waals surface area contributed by atoms with Gasteiger partial charge in [0, 0.05) is 49.0 Å². The van der Waals surface area contributed by atoms with Gasteiger partial charge < -0.3 is 14.3 Å². The molecule has 0 unspecified atom stereocenters. The first-order chi connectivity index (χ1) is 14.6. The average Bonchev–Trinajstić information content (AvgIpc) is 3.15. The molecule has 0 amide bonds. The van der Waals surface area contributed by atoms with Crippen molar-refractivity contribution in [1.82, 2.24) is 19.4 Å². The third-order valence-corrected chi connectivity index (χ3v) is 6.76. The molecule has 5 rings (SSSR count). The largest absolute Gasteiger partial charge is 0.497 e. The predicted molar refractivity (Wildman–Crippen MR) is 116 cm³/mol. The Kier molecular flexibility index (Phi) is 4.95. The number of methoxy groups -OCH3 is 1. The minimum Gasteiger partial charge on any atom is -0.497 e. The Morgan fingerprint density at radius 1 is 1.20 bits per heavy atom. The van der Waals surface area contributed by atoms with Gasteiger partial charge in [0.15, 0.2) is 0 Å². The number of likely N-dealkylation sites (tertiary alicyclic amines) is 1. The number of H-pyrrole nitrogens is 1. The first kappa shape index (κ1) is 19.1. The topological polar surface area (TPSA) is 63.1 Å². The van der Waals surface area contributed by atoms with E-state index in [0.29, 0.717) is 11.8 Å². The van der Waals surface area contributed by atoms with E-state index in [-0.39, 0.29) is 11.6 Å². The highest BCUT2D eigenvalue weighted by Gasteiger charge is 2.40. The maximum Gasteiger partial charge on any atom is 0.251 e. The summed E-state index contributed by atoms with van der Waals surface area (Å²) in [6.45, 7) is 4.88. The van der Waals surface area contributed by atoms with Crippen molar-refractivity contribution in [2.45, 2.75) is 38.3 Å². The van der Waals surface area contributed by atoms with E-state index in [1.54, 1.807) is 19.5 Å². The summed E-state index contributed by atoms with van der Waals surface area (Å²) in [5.74, 6) is 1.68. The lowest BCUT2D eigenvalue weighted by Crippen LogP contribution is -2.49. The van der Waals surface area contributed by atoms with Crippen LogP contribution in [0.3, 0.4) is 0 Å². The fraction of sp³-hybridized carbons (Fsp3) is 0.417. The van der Waals surface area contributed by atoms with Crippen LogP contribution in [0.5, 0.6) is 5.75 Å². The number of hydrogen-bond donors (Lipinski definition) is 1. The van der Waals surface area contributed by atoms with Crippen LogP contribution in [0.2, 0.25) is 0 Å². The van der Waals surface area contributed by atoms with Crippen molar-refractivity contribution in [1.29, 1.82) is 0 Å². The van der Waals surface area contributed by atoms with Crippen molar-refractivity contribution in [3.8, 4) is 5.75 Å². The van der Waals surface area contributed by atoms with Gasteiger partial charge in [-0.15, -0.1) is 0 Å². The van der Waals surface area contributed by atoms with Crippen molar-refractivity contribution in [2.75, 3.05) is 20.2 Å². The van der Waals surface area contributed by atoms with Crippen LogP contribution in [0.1, 0.15) is 41.0 Å². The lowest BCUT2D eigenvalue weighted by Gasteiger charge is -2.47. The number of fused-ring (bicyclic) bond motifs is 4. The second-order valence-electron chi connectivity index (χ2n) is 8.64. The molecule has 2 aromatic heterocycles. The van der Waals surface area contributed by atoms with Crippen LogP contribution in [-0.4, -0.2) is 39.6 Å². The summed E-state index contributed by atoms with van der Waals surface area (Å²) in [4.78, 5) is 23.1. The molecule has 2 aliphatic rings. The van der Waals surface area contributed by atoms with Crippen molar-refractivity contribution in [3.63, 3.8) is 0 Å². The first-order valence-corrected chi connectivity index (χ1v) is 10.7. The van der Waals surface area contributed by atoms with Gasteiger partial charge in [-0.3, -0.25) is 9.69 Å². The highest BCUT2D eigenvalue weighted by Crippen LogP contribution is 2.42. The number of benzene rings is 1. The van der Waals surface area contributed by atoms with E-state index in [0.717, 1.165) is 49.6 Å². The van der Waals surface area contributed by atoms with E-state index in [2.05, 4.69) is 44.6 Å². The van der Waals surface area contributed by atoms with E-state index < -0.39 is 0 Å². The molecule has 2 bridgehead atoms. The molecule has 0 aliphatic carbocycles. The molecule has 2 aliphatic heterocycles. The van der Waals surface area contributed by atoms with Crippen LogP contribution < -0.4 is 10.3 Å². The molecule has 6 nitrogen and oxygen atoms in total. The number of nitrogens with one attached hydrogen (secondary N) is 1. The third-order valence-electron chi connectivity index (χ3n) is 6.76. The van der Waals surface area contributed by atoms with Gasteiger partial charge in [0.05, 0.1) is 19.1 Å². The van der Waals surface area contributed by atoms with Crippen molar-refractivity contribution in [3.05, 3.63) is 81.8 Å². The molecule has 3 atom stereocenters. The highest BCUT2D eigenvalue weighted by atomic mass is 16.5. The summed E-state index contributed by atoms with van der Waals surface area (Å²) in [7, 11) is 1.69. The summed E-state index contributed by atoms with van der Waals surface area (Å²) in [5.41, 5.74) is 4.75. The van der Waals surface area contributed by atoms with Crippen molar-refractivity contribution >= 4 is 0 Å². The van der Waals surface area contributed by atoms with Gasteiger partial charge in [0.2, 0.25) is 0 Å². The number of rotatable bonds is 5. The van der Waals surface area contributed by atoms with Gasteiger partial charge in [0.1, 0.15) is 5.75 Å². The molecule has 30 heavy (non-hydrogen) atoms. The van der Waals surface area contributed by atoms with E-state index in [9.17, 15) is 4.79 Å². The molecule has 0 saturated carbocycles. The molecule has 0 radical (unpaired) electrons. The fourth-order valence-corrected chi connectivity index (χ4v) is 5.33. The molecule has 1 aromatic carbocycles. The number of imidazole rings is 1. The van der Waals surface area contributed by atoms with Gasteiger partial charge in [-0.1, -0.05) is 18.2 Å². The second-order valence-corrected chi connectivity index (χ2v) is 8.64. The smallest absolute Gasteiger partial charge is 0.251 e. The number of ether oxygens (including phenoxy) is 1. The van der Waals surface area contributed by atoms with Gasteiger partial charge in [0.25, 0.3) is 5.56 Å². The number of aromatic nitrogens is 3. The van der Waals surface area contributed by atoms with Crippen LogP contribution in [0, 0.1) is 12.8 Å². The Bertz CT molecular complexity index is 1100. The summed E-state index contributed by atoms with van der Waals surface area (Å²) in [5, 5.41) is 0. The molecule has 156 valence electrons. The first-order valence-electron chi connectivity index (χ1n) is 10.7. The van der Waals surface area contributed by atoms with Crippen LogP contribution in [0.4, 0.5) is 0 Å². The second kappa shape index (κ2) is 7.76. The normalized spacial score (nSPS) is 23.2. The number of piperidine rings is 1.